The van der Waals surface area contributed by atoms with Gasteiger partial charge >= 0.3 is 0 Å². The third kappa shape index (κ3) is 24.4. The summed E-state index contributed by atoms with van der Waals surface area (Å²) in [6.07, 6.45) is 0. The van der Waals surface area contributed by atoms with E-state index in [0.717, 1.165) is 46.8 Å². The van der Waals surface area contributed by atoms with E-state index < -0.39 is 11.6 Å². The third-order valence-electron chi connectivity index (χ3n) is 7.88. The van der Waals surface area contributed by atoms with Gasteiger partial charge in [0.1, 0.15) is 23.3 Å². The van der Waals surface area contributed by atoms with E-state index in [-0.39, 0.29) is 61.8 Å². The maximum atomic E-state index is 12.6. The first-order valence-electron chi connectivity index (χ1n) is 16.4. The number of hydrogen-bond donors (Lipinski definition) is 0. The molecular weight excluding hydrogens is 934 g/mol. The zero-order valence-electron chi connectivity index (χ0n) is 31.2. The van der Waals surface area contributed by atoms with E-state index in [2.05, 4.69) is 28.9 Å². The highest BCUT2D eigenvalue weighted by Gasteiger charge is 2.01. The predicted molar refractivity (Wildman–Crippen MR) is 270 cm³/mol. The molecule has 0 unspecified atom stereocenters. The van der Waals surface area contributed by atoms with Gasteiger partial charge in [0.25, 0.3) is 0 Å². The maximum Gasteiger partial charge on any atom is 0.129 e. The summed E-state index contributed by atoms with van der Waals surface area (Å²) in [5.41, 5.74) is 6.82. The Morgan fingerprint density at radius 1 is 0.300 bits per heavy atom. The Balaban J connectivity index is -0.000000143. The van der Waals surface area contributed by atoms with Gasteiger partial charge in [0.2, 0.25) is 0 Å². The van der Waals surface area contributed by atoms with Crippen molar-refractivity contribution in [2.45, 2.75) is 99.9 Å². The summed E-state index contributed by atoms with van der Waals surface area (Å²) in [5.74, 6) is -1.34. The standard InChI is InChI=1S/C8H9Cl.C8H9F.C7H6BrCl.C7H6Cl2.C7H6ClF.C7H6F2.6CH4/c2*1-6-4-3-5-8(9)7(6)2;4*1-5-6(8)3-2-4-7(5)9;;;;;;/h2*3-5H,1-2H3;4*2-4H,1H3;6*1H4. The van der Waals surface area contributed by atoms with Crippen molar-refractivity contribution < 1.29 is 17.6 Å². The first-order valence-corrected chi connectivity index (χ1v) is 19.0. The van der Waals surface area contributed by atoms with Crippen LogP contribution in [0.15, 0.2) is 114 Å². The quantitative estimate of drug-likeness (QED) is 0.133. The minimum absolute atomic E-state index is 0. The Hall–Kier alpha value is -3.03. The molecule has 0 aliphatic rings. The predicted octanol–water partition coefficient (Wildman–Crippen LogP) is 21.0. The van der Waals surface area contributed by atoms with Gasteiger partial charge in [0, 0.05) is 40.7 Å². The van der Waals surface area contributed by atoms with Crippen LogP contribution < -0.4 is 0 Å². The molecule has 336 valence electrons. The average Bonchev–Trinajstić information content (AvgIpc) is 3.13. The van der Waals surface area contributed by atoms with Crippen LogP contribution in [0.1, 0.15) is 89.1 Å². The molecule has 0 fully saturated rings. The van der Waals surface area contributed by atoms with Gasteiger partial charge < -0.3 is 0 Å². The Morgan fingerprint density at radius 3 is 0.817 bits per heavy atom. The van der Waals surface area contributed by atoms with E-state index in [1.807, 2.05) is 82.3 Å². The number of halogens is 10. The molecule has 0 radical (unpaired) electrons. The lowest BCUT2D eigenvalue weighted by molar-refractivity contribution is 0.568. The second-order valence-electron chi connectivity index (χ2n) is 11.8. The minimum atomic E-state index is -0.491. The fourth-order valence-corrected chi connectivity index (χ4v) is 5.19. The summed E-state index contributed by atoms with van der Waals surface area (Å²) in [4.78, 5) is 0. The van der Waals surface area contributed by atoms with Crippen molar-refractivity contribution in [1.82, 2.24) is 0 Å². The molecule has 0 aliphatic carbocycles. The topological polar surface area (TPSA) is 0 Å². The maximum absolute atomic E-state index is 12.6. The van der Waals surface area contributed by atoms with E-state index in [9.17, 15) is 17.6 Å². The summed E-state index contributed by atoms with van der Waals surface area (Å²) >= 11 is 32.0. The van der Waals surface area contributed by atoms with Crippen LogP contribution in [0, 0.1) is 78.7 Å². The molecule has 6 aromatic carbocycles. The lowest BCUT2D eigenvalue weighted by Crippen LogP contribution is -1.85. The molecule has 0 N–H and O–H groups in total. The van der Waals surface area contributed by atoms with Crippen LogP contribution in [0.5, 0.6) is 0 Å². The zero-order valence-corrected chi connectivity index (χ0v) is 36.5. The van der Waals surface area contributed by atoms with Crippen LogP contribution in [0.4, 0.5) is 17.6 Å². The first kappa shape index (κ1) is 68.7. The lowest BCUT2D eigenvalue weighted by atomic mass is 10.1. The van der Waals surface area contributed by atoms with Gasteiger partial charge in [-0.2, -0.15) is 0 Å². The highest BCUT2D eigenvalue weighted by Crippen LogP contribution is 2.23. The van der Waals surface area contributed by atoms with Crippen LogP contribution in [-0.2, 0) is 0 Å². The molecule has 0 atom stereocenters. The fraction of sp³-hybridized carbons (Fsp3) is 0.280. The molecule has 0 heterocycles. The van der Waals surface area contributed by atoms with Crippen molar-refractivity contribution >= 4 is 73.9 Å². The number of benzene rings is 6. The Labute approximate surface area is 395 Å². The summed E-state index contributed by atoms with van der Waals surface area (Å²) in [5, 5.41) is 3.60. The Morgan fingerprint density at radius 2 is 0.550 bits per heavy atom. The van der Waals surface area contributed by atoms with E-state index in [1.165, 1.54) is 48.4 Å². The van der Waals surface area contributed by atoms with Crippen molar-refractivity contribution in [3.8, 4) is 0 Å². The zero-order chi connectivity index (χ0) is 41.1. The van der Waals surface area contributed by atoms with Gasteiger partial charge in [-0.1, -0.05) is 167 Å². The van der Waals surface area contributed by atoms with Crippen LogP contribution in [0.25, 0.3) is 0 Å². The SMILES string of the molecule is C.C.C.C.C.C.Cc1c(Cl)cccc1Br.Cc1c(Cl)cccc1Cl.Cc1c(F)cccc1Cl.Cc1c(F)cccc1F.Cc1cccc(Cl)c1C.Cc1cccc(F)c1C. The van der Waals surface area contributed by atoms with E-state index in [0.29, 0.717) is 10.6 Å². The van der Waals surface area contributed by atoms with Crippen molar-refractivity contribution in [2.24, 2.45) is 0 Å². The molecular formula is C50H66BrCl5F4. The largest absolute Gasteiger partial charge is 0.207 e. The van der Waals surface area contributed by atoms with Crippen LogP contribution >= 0.6 is 73.9 Å². The van der Waals surface area contributed by atoms with Gasteiger partial charge in [-0.3, -0.25) is 0 Å². The lowest BCUT2D eigenvalue weighted by Gasteiger charge is -1.98. The third-order valence-corrected chi connectivity index (χ3v) is 10.8. The van der Waals surface area contributed by atoms with Crippen LogP contribution in [0.3, 0.4) is 0 Å². The molecule has 0 aromatic heterocycles. The van der Waals surface area contributed by atoms with Crippen molar-refractivity contribution in [3.05, 3.63) is 207 Å². The van der Waals surface area contributed by atoms with E-state index >= 15 is 0 Å². The highest BCUT2D eigenvalue weighted by molar-refractivity contribution is 9.10. The van der Waals surface area contributed by atoms with Crippen LogP contribution in [-0.4, -0.2) is 0 Å². The molecule has 10 heteroatoms. The van der Waals surface area contributed by atoms with Gasteiger partial charge in [-0.25, -0.2) is 17.6 Å². The minimum Gasteiger partial charge on any atom is -0.207 e. The van der Waals surface area contributed by atoms with Crippen molar-refractivity contribution in [1.29, 1.82) is 0 Å². The van der Waals surface area contributed by atoms with Gasteiger partial charge in [0.05, 0.1) is 0 Å². The molecule has 0 amide bonds. The Kier molecular flexibility index (Phi) is 40.7. The molecule has 0 nitrogen and oxygen atoms in total. The summed E-state index contributed by atoms with van der Waals surface area (Å²) < 4.78 is 50.8. The molecule has 0 aliphatic heterocycles. The van der Waals surface area contributed by atoms with Crippen molar-refractivity contribution in [3.63, 3.8) is 0 Å². The number of hydrogen-bond acceptors (Lipinski definition) is 0. The van der Waals surface area contributed by atoms with Crippen molar-refractivity contribution in [2.75, 3.05) is 0 Å². The molecule has 0 saturated heterocycles. The van der Waals surface area contributed by atoms with Gasteiger partial charge in [-0.15, -0.1) is 0 Å². The smallest absolute Gasteiger partial charge is 0.129 e. The molecule has 6 rings (SSSR count). The highest BCUT2D eigenvalue weighted by atomic mass is 79.9. The summed E-state index contributed by atoms with van der Waals surface area (Å²) in [6.45, 7) is 14.7. The summed E-state index contributed by atoms with van der Waals surface area (Å²) in [6, 6.07) is 30.7. The second kappa shape index (κ2) is 35.6. The van der Waals surface area contributed by atoms with Crippen LogP contribution in [0.2, 0.25) is 25.1 Å². The second-order valence-corrected chi connectivity index (χ2v) is 14.6. The fourth-order valence-electron chi connectivity index (χ4n) is 3.76. The molecule has 60 heavy (non-hydrogen) atoms. The Bertz CT molecular complexity index is 1580. The number of rotatable bonds is 0. The van der Waals surface area contributed by atoms with Gasteiger partial charge in [-0.05, 0) is 149 Å². The molecule has 6 aromatic rings. The van der Waals surface area contributed by atoms with E-state index in [4.69, 9.17) is 58.0 Å². The number of aryl methyl sites for hydroxylation is 2. The molecule has 0 spiro atoms. The van der Waals surface area contributed by atoms with E-state index in [1.54, 1.807) is 32.0 Å². The molecule has 0 saturated carbocycles. The summed E-state index contributed by atoms with van der Waals surface area (Å²) in [7, 11) is 0. The monoisotopic (exact) mass is 996 g/mol. The van der Waals surface area contributed by atoms with Gasteiger partial charge in [0.15, 0.2) is 0 Å². The normalized spacial score (nSPS) is 8.70. The average molecular weight is 1000 g/mol. The molecule has 0 bridgehead atoms. The first-order chi connectivity index (χ1) is 25.3.